The molecule has 2 aromatic carbocycles. The van der Waals surface area contributed by atoms with Crippen molar-refractivity contribution in [2.45, 2.75) is 56.4 Å². The molecular weight excluding hydrogens is 448 g/mol. The molecule has 0 saturated carbocycles. The van der Waals surface area contributed by atoms with E-state index in [0.717, 1.165) is 59.8 Å². The predicted molar refractivity (Wildman–Crippen MR) is 134 cm³/mol. The molecule has 8 heteroatoms. The zero-order chi connectivity index (χ0) is 23.9. The Morgan fingerprint density at radius 1 is 1.09 bits per heavy atom. The van der Waals surface area contributed by atoms with E-state index in [9.17, 15) is 0 Å². The molecule has 1 unspecified atom stereocenters. The second-order valence-corrected chi connectivity index (χ2v) is 9.65. The topological polar surface area (TPSA) is 61.6 Å². The summed E-state index contributed by atoms with van der Waals surface area (Å²) in [6.45, 7) is 5.15. The molecule has 7 nitrogen and oxygen atoms in total. The number of aryl methyl sites for hydroxylation is 1. The van der Waals surface area contributed by atoms with Crippen LogP contribution in [0.4, 0.5) is 0 Å². The Morgan fingerprint density at radius 3 is 2.68 bits per heavy atom. The molecule has 0 aliphatic carbocycles. The Morgan fingerprint density at radius 2 is 1.94 bits per heavy atom. The van der Waals surface area contributed by atoms with E-state index < -0.39 is 0 Å². The van der Waals surface area contributed by atoms with Crippen LogP contribution in [0.1, 0.15) is 35.4 Å². The van der Waals surface area contributed by atoms with Gasteiger partial charge in [-0.05, 0) is 56.1 Å². The number of thioether (sulfide) groups is 1. The van der Waals surface area contributed by atoms with Gasteiger partial charge in [0.1, 0.15) is 17.3 Å². The third kappa shape index (κ3) is 6.11. The molecule has 0 amide bonds. The van der Waals surface area contributed by atoms with Crippen LogP contribution in [-0.4, -0.2) is 53.6 Å². The quantitative estimate of drug-likeness (QED) is 0.367. The molecule has 1 atom stereocenters. The van der Waals surface area contributed by atoms with Crippen molar-refractivity contribution in [1.29, 1.82) is 0 Å². The van der Waals surface area contributed by atoms with Crippen LogP contribution in [0.25, 0.3) is 0 Å². The fourth-order valence-electron chi connectivity index (χ4n) is 4.23. The van der Waals surface area contributed by atoms with Crippen LogP contribution in [0, 0.1) is 6.92 Å². The summed E-state index contributed by atoms with van der Waals surface area (Å²) < 4.78 is 19.2. The minimum absolute atomic E-state index is 0.219. The number of ether oxygens (including phenoxy) is 3. The van der Waals surface area contributed by atoms with Gasteiger partial charge in [0.2, 0.25) is 0 Å². The molecule has 0 spiro atoms. The summed E-state index contributed by atoms with van der Waals surface area (Å²) in [5.41, 5.74) is 3.69. The lowest BCUT2D eigenvalue weighted by Crippen LogP contribution is -2.23. The Hall–Kier alpha value is -2.55. The standard InChI is InChI=1S/C26H34N4O3S/c1-19-8-5-6-9-20(19)18-34-26-28-27-25(30(26)16-23-10-7-13-33-23)17-29(2)15-21-14-22(31-3)11-12-24(21)32-4/h5-6,8-9,11-12,14,23H,7,10,13,15-18H2,1-4H3. The van der Waals surface area contributed by atoms with Gasteiger partial charge in [-0.2, -0.15) is 0 Å². The molecule has 0 N–H and O–H groups in total. The summed E-state index contributed by atoms with van der Waals surface area (Å²) in [5.74, 6) is 3.49. The van der Waals surface area contributed by atoms with E-state index in [1.165, 1.54) is 11.1 Å². The summed E-state index contributed by atoms with van der Waals surface area (Å²) in [6.07, 6.45) is 2.41. The lowest BCUT2D eigenvalue weighted by Gasteiger charge is -2.20. The van der Waals surface area contributed by atoms with Crippen molar-refractivity contribution < 1.29 is 14.2 Å². The maximum Gasteiger partial charge on any atom is 0.191 e. The predicted octanol–water partition coefficient (Wildman–Crippen LogP) is 4.71. The Balaban J connectivity index is 1.50. The molecule has 1 aromatic heterocycles. The van der Waals surface area contributed by atoms with E-state index >= 15 is 0 Å². The van der Waals surface area contributed by atoms with Crippen molar-refractivity contribution in [1.82, 2.24) is 19.7 Å². The Labute approximate surface area is 206 Å². The third-order valence-corrected chi connectivity index (χ3v) is 7.18. The van der Waals surface area contributed by atoms with Crippen LogP contribution in [0.15, 0.2) is 47.6 Å². The number of aromatic nitrogens is 3. The van der Waals surface area contributed by atoms with Gasteiger partial charge in [-0.15, -0.1) is 10.2 Å². The van der Waals surface area contributed by atoms with Crippen LogP contribution in [0.5, 0.6) is 11.5 Å². The first-order valence-electron chi connectivity index (χ1n) is 11.7. The first-order valence-corrected chi connectivity index (χ1v) is 12.7. The minimum atomic E-state index is 0.219. The third-order valence-electron chi connectivity index (χ3n) is 6.16. The van der Waals surface area contributed by atoms with E-state index in [0.29, 0.717) is 13.1 Å². The normalized spacial score (nSPS) is 15.7. The molecule has 4 rings (SSSR count). The second kappa shape index (κ2) is 11.7. The number of methoxy groups -OCH3 is 2. The molecule has 1 aliphatic rings. The van der Waals surface area contributed by atoms with Crippen molar-refractivity contribution in [2.24, 2.45) is 0 Å². The summed E-state index contributed by atoms with van der Waals surface area (Å²) in [7, 11) is 5.46. The number of rotatable bonds is 11. The molecule has 182 valence electrons. The highest BCUT2D eigenvalue weighted by molar-refractivity contribution is 7.98. The molecule has 0 radical (unpaired) electrons. The van der Waals surface area contributed by atoms with Gasteiger partial charge in [-0.25, -0.2) is 0 Å². The number of hydrogen-bond acceptors (Lipinski definition) is 7. The van der Waals surface area contributed by atoms with Gasteiger partial charge in [0.25, 0.3) is 0 Å². The largest absolute Gasteiger partial charge is 0.497 e. The average molecular weight is 483 g/mol. The SMILES string of the molecule is COc1ccc(OC)c(CN(C)Cc2nnc(SCc3ccccc3C)n2CC2CCCO2)c1. The number of hydrogen-bond donors (Lipinski definition) is 0. The van der Waals surface area contributed by atoms with Crippen molar-refractivity contribution >= 4 is 11.8 Å². The Bertz CT molecular complexity index is 1080. The van der Waals surface area contributed by atoms with E-state index in [4.69, 9.17) is 14.2 Å². The molecular formula is C26H34N4O3S. The highest BCUT2D eigenvalue weighted by atomic mass is 32.2. The summed E-state index contributed by atoms with van der Waals surface area (Å²) in [4.78, 5) is 2.23. The monoisotopic (exact) mass is 482 g/mol. The smallest absolute Gasteiger partial charge is 0.191 e. The van der Waals surface area contributed by atoms with E-state index in [1.54, 1.807) is 26.0 Å². The Kier molecular flexibility index (Phi) is 8.48. The molecule has 0 bridgehead atoms. The van der Waals surface area contributed by atoms with Crippen molar-refractivity contribution in [3.63, 3.8) is 0 Å². The van der Waals surface area contributed by atoms with Crippen molar-refractivity contribution in [2.75, 3.05) is 27.9 Å². The van der Waals surface area contributed by atoms with Gasteiger partial charge in [0.05, 0.1) is 33.4 Å². The molecule has 34 heavy (non-hydrogen) atoms. The molecule has 1 aliphatic heterocycles. The van der Waals surface area contributed by atoms with Gasteiger partial charge < -0.3 is 18.8 Å². The van der Waals surface area contributed by atoms with Gasteiger partial charge in [0, 0.05) is 24.5 Å². The summed E-state index contributed by atoms with van der Waals surface area (Å²) >= 11 is 1.74. The van der Waals surface area contributed by atoms with Gasteiger partial charge >= 0.3 is 0 Å². The zero-order valence-corrected chi connectivity index (χ0v) is 21.3. The van der Waals surface area contributed by atoms with Crippen LogP contribution < -0.4 is 9.47 Å². The van der Waals surface area contributed by atoms with Gasteiger partial charge in [0.15, 0.2) is 5.16 Å². The lowest BCUT2D eigenvalue weighted by molar-refractivity contribution is 0.0934. The summed E-state index contributed by atoms with van der Waals surface area (Å²) in [6, 6.07) is 14.4. The maximum atomic E-state index is 5.94. The number of benzene rings is 2. The fourth-order valence-corrected chi connectivity index (χ4v) is 5.27. The first-order chi connectivity index (χ1) is 16.6. The highest BCUT2D eigenvalue weighted by Crippen LogP contribution is 2.28. The molecule has 2 heterocycles. The first kappa shape index (κ1) is 24.6. The van der Waals surface area contributed by atoms with Crippen LogP contribution in [-0.2, 0) is 30.1 Å². The van der Waals surface area contributed by atoms with E-state index in [2.05, 4.69) is 57.9 Å². The number of nitrogens with zero attached hydrogens (tertiary/aromatic N) is 4. The molecule has 1 saturated heterocycles. The highest BCUT2D eigenvalue weighted by Gasteiger charge is 2.22. The van der Waals surface area contributed by atoms with Crippen LogP contribution in [0.3, 0.4) is 0 Å². The van der Waals surface area contributed by atoms with Crippen molar-refractivity contribution in [3.8, 4) is 11.5 Å². The van der Waals surface area contributed by atoms with Gasteiger partial charge in [-0.1, -0.05) is 36.0 Å². The molecule has 1 fully saturated rings. The van der Waals surface area contributed by atoms with E-state index in [-0.39, 0.29) is 6.10 Å². The van der Waals surface area contributed by atoms with Crippen LogP contribution in [0.2, 0.25) is 0 Å². The fraction of sp³-hybridized carbons (Fsp3) is 0.462. The minimum Gasteiger partial charge on any atom is -0.497 e. The summed E-state index contributed by atoms with van der Waals surface area (Å²) in [5, 5.41) is 10.1. The maximum absolute atomic E-state index is 5.94. The van der Waals surface area contributed by atoms with Crippen molar-refractivity contribution in [3.05, 3.63) is 65.0 Å². The van der Waals surface area contributed by atoms with E-state index in [1.807, 2.05) is 18.2 Å². The second-order valence-electron chi connectivity index (χ2n) is 8.71. The molecule has 3 aromatic rings. The zero-order valence-electron chi connectivity index (χ0n) is 20.5. The average Bonchev–Trinajstić information content (AvgIpc) is 3.49. The lowest BCUT2D eigenvalue weighted by atomic mass is 10.1. The van der Waals surface area contributed by atoms with Crippen LogP contribution >= 0.6 is 11.8 Å². The van der Waals surface area contributed by atoms with Gasteiger partial charge in [-0.3, -0.25) is 4.90 Å².